The van der Waals surface area contributed by atoms with Gasteiger partial charge < -0.3 is 0 Å². The Morgan fingerprint density at radius 1 is 1.12 bits per heavy atom. The molecular formula is C20H24N4S2. The first-order chi connectivity index (χ1) is 12.7. The van der Waals surface area contributed by atoms with Crippen molar-refractivity contribution in [1.82, 2.24) is 19.2 Å². The molecule has 1 aromatic carbocycles. The highest BCUT2D eigenvalue weighted by Gasteiger charge is 2.19. The van der Waals surface area contributed by atoms with E-state index in [1.54, 1.807) is 11.3 Å². The molecule has 4 rings (SSSR count). The smallest absolute Gasteiger partial charge is 0.199 e. The lowest BCUT2D eigenvalue weighted by molar-refractivity contribution is 0.146. The van der Waals surface area contributed by atoms with E-state index in [-0.39, 0.29) is 0 Å². The van der Waals surface area contributed by atoms with Crippen molar-refractivity contribution in [2.75, 3.05) is 13.1 Å². The summed E-state index contributed by atoms with van der Waals surface area (Å²) in [6, 6.07) is 14.7. The predicted octanol–water partition coefficient (Wildman–Crippen LogP) is 4.88. The van der Waals surface area contributed by atoms with Crippen LogP contribution in [0.5, 0.6) is 0 Å². The second-order valence-corrected chi connectivity index (χ2v) is 8.41. The number of aromatic nitrogens is 3. The highest BCUT2D eigenvalue weighted by atomic mass is 32.1. The summed E-state index contributed by atoms with van der Waals surface area (Å²) < 4.78 is 4.97. The normalized spacial score (nSPS) is 16.2. The van der Waals surface area contributed by atoms with Crippen LogP contribution in [-0.2, 0) is 13.2 Å². The van der Waals surface area contributed by atoms with E-state index in [1.165, 1.54) is 18.4 Å². The van der Waals surface area contributed by atoms with Gasteiger partial charge in [-0.25, -0.2) is 4.68 Å². The van der Waals surface area contributed by atoms with Crippen molar-refractivity contribution in [1.29, 1.82) is 0 Å². The zero-order chi connectivity index (χ0) is 17.9. The van der Waals surface area contributed by atoms with Gasteiger partial charge in [0.1, 0.15) is 0 Å². The molecule has 4 nitrogen and oxygen atoms in total. The van der Waals surface area contributed by atoms with Crippen LogP contribution in [0.15, 0.2) is 47.8 Å². The van der Waals surface area contributed by atoms with Gasteiger partial charge in [-0.15, -0.1) is 16.4 Å². The topological polar surface area (TPSA) is 26.0 Å². The van der Waals surface area contributed by atoms with Crippen LogP contribution in [0, 0.1) is 10.7 Å². The van der Waals surface area contributed by atoms with Gasteiger partial charge in [-0.3, -0.25) is 9.47 Å². The summed E-state index contributed by atoms with van der Waals surface area (Å²) in [5.74, 6) is 1.80. The van der Waals surface area contributed by atoms with Crippen molar-refractivity contribution < 1.29 is 0 Å². The van der Waals surface area contributed by atoms with E-state index in [1.807, 2.05) is 10.7 Å². The number of likely N-dealkylation sites (tertiary alicyclic amines) is 1. The molecular weight excluding hydrogens is 360 g/mol. The number of piperidine rings is 1. The molecule has 6 heteroatoms. The zero-order valence-corrected chi connectivity index (χ0v) is 16.7. The van der Waals surface area contributed by atoms with Crippen molar-refractivity contribution in [3.8, 4) is 10.7 Å². The molecule has 26 heavy (non-hydrogen) atoms. The molecule has 0 unspecified atom stereocenters. The van der Waals surface area contributed by atoms with Crippen molar-refractivity contribution in [3.05, 3.63) is 58.2 Å². The standard InChI is InChI=1S/C20H24N4S2/c1-16-9-11-22(12-10-16)15-24-20(25)23(14-17-6-3-2-4-7-17)19(21-24)18-8-5-13-26-18/h2-8,13,16H,9-12,14-15H2,1H3. The second-order valence-electron chi connectivity index (χ2n) is 7.10. The number of thiophene rings is 1. The van der Waals surface area contributed by atoms with Crippen molar-refractivity contribution in [3.63, 3.8) is 0 Å². The van der Waals surface area contributed by atoms with Gasteiger partial charge in [0, 0.05) is 13.1 Å². The molecule has 0 radical (unpaired) electrons. The Kier molecular flexibility index (Phi) is 5.33. The van der Waals surface area contributed by atoms with Gasteiger partial charge in [-0.05, 0) is 48.0 Å². The number of rotatable bonds is 5. The summed E-state index contributed by atoms with van der Waals surface area (Å²) in [6.45, 7) is 6.13. The molecule has 3 aromatic rings. The lowest BCUT2D eigenvalue weighted by Gasteiger charge is -2.29. The number of hydrogen-bond acceptors (Lipinski definition) is 4. The fourth-order valence-electron chi connectivity index (χ4n) is 3.42. The van der Waals surface area contributed by atoms with E-state index < -0.39 is 0 Å². The van der Waals surface area contributed by atoms with Crippen LogP contribution in [0.3, 0.4) is 0 Å². The Morgan fingerprint density at radius 3 is 2.58 bits per heavy atom. The average molecular weight is 385 g/mol. The maximum Gasteiger partial charge on any atom is 0.199 e. The quantitative estimate of drug-likeness (QED) is 0.586. The van der Waals surface area contributed by atoms with Crippen molar-refractivity contribution in [2.45, 2.75) is 33.0 Å². The molecule has 0 aliphatic carbocycles. The first-order valence-electron chi connectivity index (χ1n) is 9.18. The first kappa shape index (κ1) is 17.6. The molecule has 0 atom stereocenters. The molecule has 0 N–H and O–H groups in total. The number of hydrogen-bond donors (Lipinski definition) is 0. The third-order valence-corrected chi connectivity index (χ3v) is 6.36. The van der Waals surface area contributed by atoms with Crippen LogP contribution in [0.25, 0.3) is 10.7 Å². The molecule has 2 aromatic heterocycles. The molecule has 1 aliphatic rings. The largest absolute Gasteiger partial charge is 0.295 e. The molecule has 136 valence electrons. The van der Waals surface area contributed by atoms with Crippen LogP contribution in [0.2, 0.25) is 0 Å². The van der Waals surface area contributed by atoms with E-state index in [0.717, 1.165) is 47.7 Å². The van der Waals surface area contributed by atoms with Gasteiger partial charge in [0.15, 0.2) is 10.6 Å². The van der Waals surface area contributed by atoms with E-state index >= 15 is 0 Å². The van der Waals surface area contributed by atoms with Gasteiger partial charge in [-0.1, -0.05) is 43.3 Å². The average Bonchev–Trinajstić information content (AvgIpc) is 3.28. The van der Waals surface area contributed by atoms with Crippen LogP contribution >= 0.6 is 23.6 Å². The lowest BCUT2D eigenvalue weighted by Crippen LogP contribution is -2.34. The Balaban J connectivity index is 1.65. The second kappa shape index (κ2) is 7.86. The van der Waals surface area contributed by atoms with Gasteiger partial charge in [0.05, 0.1) is 18.1 Å². The first-order valence-corrected chi connectivity index (χ1v) is 10.5. The summed E-state index contributed by atoms with van der Waals surface area (Å²) in [6.07, 6.45) is 2.52. The summed E-state index contributed by atoms with van der Waals surface area (Å²) in [5.41, 5.74) is 1.24. The Hall–Kier alpha value is -1.76. The third-order valence-electron chi connectivity index (χ3n) is 5.06. The summed E-state index contributed by atoms with van der Waals surface area (Å²) in [5, 5.41) is 7.00. The molecule has 1 saturated heterocycles. The van der Waals surface area contributed by atoms with Gasteiger partial charge in [0.25, 0.3) is 0 Å². The SMILES string of the molecule is CC1CCN(Cn2nc(-c3cccs3)n(Cc3ccccc3)c2=S)CC1. The lowest BCUT2D eigenvalue weighted by atomic mass is 10.00. The van der Waals surface area contributed by atoms with Crippen LogP contribution in [0.4, 0.5) is 0 Å². The fourth-order valence-corrected chi connectivity index (χ4v) is 4.39. The fraction of sp³-hybridized carbons (Fsp3) is 0.400. The zero-order valence-electron chi connectivity index (χ0n) is 15.0. The van der Waals surface area contributed by atoms with E-state index in [4.69, 9.17) is 17.3 Å². The van der Waals surface area contributed by atoms with E-state index in [0.29, 0.717) is 0 Å². The minimum atomic E-state index is 0.754. The number of nitrogens with zero attached hydrogens (tertiary/aromatic N) is 4. The van der Waals surface area contributed by atoms with Crippen LogP contribution in [0.1, 0.15) is 25.3 Å². The summed E-state index contributed by atoms with van der Waals surface area (Å²) in [4.78, 5) is 3.63. The maximum absolute atomic E-state index is 5.82. The summed E-state index contributed by atoms with van der Waals surface area (Å²) in [7, 11) is 0. The van der Waals surface area contributed by atoms with Gasteiger partial charge in [0.2, 0.25) is 0 Å². The van der Waals surface area contributed by atoms with E-state index in [2.05, 4.69) is 58.2 Å². The molecule has 0 amide bonds. The minimum Gasteiger partial charge on any atom is -0.295 e. The number of benzene rings is 1. The van der Waals surface area contributed by atoms with Gasteiger partial charge in [-0.2, -0.15) is 0 Å². The Morgan fingerprint density at radius 2 is 1.88 bits per heavy atom. The molecule has 0 bridgehead atoms. The maximum atomic E-state index is 5.82. The Bertz CT molecular complexity index is 888. The molecule has 1 aliphatic heterocycles. The van der Waals surface area contributed by atoms with Crippen LogP contribution < -0.4 is 0 Å². The highest BCUT2D eigenvalue weighted by molar-refractivity contribution is 7.71. The third kappa shape index (κ3) is 3.82. The van der Waals surface area contributed by atoms with Crippen LogP contribution in [-0.4, -0.2) is 32.3 Å². The Labute approximate surface area is 163 Å². The van der Waals surface area contributed by atoms with E-state index in [9.17, 15) is 0 Å². The highest BCUT2D eigenvalue weighted by Crippen LogP contribution is 2.25. The minimum absolute atomic E-state index is 0.754. The monoisotopic (exact) mass is 384 g/mol. The molecule has 3 heterocycles. The van der Waals surface area contributed by atoms with Crippen molar-refractivity contribution >= 4 is 23.6 Å². The molecule has 0 spiro atoms. The molecule has 1 fully saturated rings. The summed E-state index contributed by atoms with van der Waals surface area (Å²) >= 11 is 7.53. The predicted molar refractivity (Wildman–Crippen MR) is 110 cm³/mol. The van der Waals surface area contributed by atoms with Crippen molar-refractivity contribution in [2.24, 2.45) is 5.92 Å². The van der Waals surface area contributed by atoms with Gasteiger partial charge >= 0.3 is 0 Å². The molecule has 0 saturated carbocycles.